The zero-order valence-corrected chi connectivity index (χ0v) is 15.9. The lowest BCUT2D eigenvalue weighted by Crippen LogP contribution is -2.37. The quantitative estimate of drug-likeness (QED) is 0.289. The lowest BCUT2D eigenvalue weighted by atomic mass is 10.1. The molecular formula is C17H25IN4O. The fourth-order valence-electron chi connectivity index (χ4n) is 2.02. The SMILES string of the molecule is CN=C(NCCCOCC1CC1)NCc1ccc(C#N)cc1.I. The van der Waals surface area contributed by atoms with Crippen LogP contribution < -0.4 is 10.6 Å². The summed E-state index contributed by atoms with van der Waals surface area (Å²) in [5.41, 5.74) is 1.80. The molecule has 2 N–H and O–H groups in total. The molecule has 126 valence electrons. The van der Waals surface area contributed by atoms with Gasteiger partial charge in [-0.05, 0) is 42.9 Å². The van der Waals surface area contributed by atoms with Crippen molar-refractivity contribution in [1.29, 1.82) is 5.26 Å². The van der Waals surface area contributed by atoms with Crippen LogP contribution in [0.5, 0.6) is 0 Å². The lowest BCUT2D eigenvalue weighted by molar-refractivity contribution is 0.123. The molecule has 0 saturated heterocycles. The van der Waals surface area contributed by atoms with E-state index in [2.05, 4.69) is 21.7 Å². The Morgan fingerprint density at radius 3 is 2.65 bits per heavy atom. The van der Waals surface area contributed by atoms with E-state index < -0.39 is 0 Å². The fraction of sp³-hybridized carbons (Fsp3) is 0.529. The van der Waals surface area contributed by atoms with Crippen LogP contribution in [-0.4, -0.2) is 32.8 Å². The highest BCUT2D eigenvalue weighted by Crippen LogP contribution is 2.28. The van der Waals surface area contributed by atoms with E-state index in [4.69, 9.17) is 10.00 Å². The van der Waals surface area contributed by atoms with Crippen LogP contribution in [0.15, 0.2) is 29.3 Å². The van der Waals surface area contributed by atoms with Crippen LogP contribution in [-0.2, 0) is 11.3 Å². The van der Waals surface area contributed by atoms with Crippen molar-refractivity contribution in [3.63, 3.8) is 0 Å². The second-order valence-electron chi connectivity index (χ2n) is 5.53. The van der Waals surface area contributed by atoms with Crippen LogP contribution in [0, 0.1) is 17.2 Å². The number of halogens is 1. The molecule has 0 aromatic heterocycles. The van der Waals surface area contributed by atoms with Gasteiger partial charge in [0.1, 0.15) is 0 Å². The largest absolute Gasteiger partial charge is 0.381 e. The van der Waals surface area contributed by atoms with Crippen molar-refractivity contribution in [2.24, 2.45) is 10.9 Å². The minimum Gasteiger partial charge on any atom is -0.381 e. The Balaban J connectivity index is 0.00000264. The average Bonchev–Trinajstić information content (AvgIpc) is 3.38. The molecule has 0 aliphatic heterocycles. The number of nitrogens with zero attached hydrogens (tertiary/aromatic N) is 2. The Kier molecular flexibility index (Phi) is 9.64. The minimum atomic E-state index is 0. The maximum absolute atomic E-state index is 8.77. The standard InChI is InChI=1S/C17H24N4O.HI/c1-19-17(20-9-2-10-22-13-16-7-8-16)21-12-15-5-3-14(11-18)4-6-15;/h3-6,16H,2,7-10,12-13H2,1H3,(H2,19,20,21);1H. The predicted octanol–water partition coefficient (Wildman–Crippen LogP) is 2.66. The number of hydrogen-bond donors (Lipinski definition) is 2. The third kappa shape index (κ3) is 8.18. The number of ether oxygens (including phenoxy) is 1. The summed E-state index contributed by atoms with van der Waals surface area (Å²) in [4.78, 5) is 4.19. The van der Waals surface area contributed by atoms with E-state index in [-0.39, 0.29) is 24.0 Å². The number of rotatable bonds is 8. The minimum absolute atomic E-state index is 0. The molecule has 2 rings (SSSR count). The van der Waals surface area contributed by atoms with Gasteiger partial charge in [-0.15, -0.1) is 24.0 Å². The highest BCUT2D eigenvalue weighted by Gasteiger charge is 2.20. The molecule has 6 heteroatoms. The second-order valence-corrected chi connectivity index (χ2v) is 5.53. The van der Waals surface area contributed by atoms with E-state index in [1.807, 2.05) is 24.3 Å². The van der Waals surface area contributed by atoms with Crippen LogP contribution >= 0.6 is 24.0 Å². The molecule has 0 unspecified atom stereocenters. The molecule has 0 spiro atoms. The second kappa shape index (κ2) is 11.2. The van der Waals surface area contributed by atoms with Crippen molar-refractivity contribution in [3.05, 3.63) is 35.4 Å². The molecule has 1 aliphatic rings. The monoisotopic (exact) mass is 428 g/mol. The maximum atomic E-state index is 8.77. The van der Waals surface area contributed by atoms with Crippen LogP contribution in [0.3, 0.4) is 0 Å². The van der Waals surface area contributed by atoms with Gasteiger partial charge in [-0.3, -0.25) is 4.99 Å². The van der Waals surface area contributed by atoms with Gasteiger partial charge in [0.25, 0.3) is 0 Å². The van der Waals surface area contributed by atoms with Crippen molar-refractivity contribution >= 4 is 29.9 Å². The van der Waals surface area contributed by atoms with E-state index in [0.29, 0.717) is 12.1 Å². The highest BCUT2D eigenvalue weighted by molar-refractivity contribution is 14.0. The van der Waals surface area contributed by atoms with Gasteiger partial charge in [0.2, 0.25) is 0 Å². The first-order chi connectivity index (χ1) is 10.8. The van der Waals surface area contributed by atoms with Gasteiger partial charge >= 0.3 is 0 Å². The number of aliphatic imine (C=N–C) groups is 1. The number of benzene rings is 1. The van der Waals surface area contributed by atoms with Crippen LogP contribution in [0.1, 0.15) is 30.4 Å². The van der Waals surface area contributed by atoms with Gasteiger partial charge in [0, 0.05) is 33.4 Å². The number of hydrogen-bond acceptors (Lipinski definition) is 3. The molecular weight excluding hydrogens is 403 g/mol. The highest BCUT2D eigenvalue weighted by atomic mass is 127. The van der Waals surface area contributed by atoms with Gasteiger partial charge in [0.05, 0.1) is 11.6 Å². The van der Waals surface area contributed by atoms with Gasteiger partial charge < -0.3 is 15.4 Å². The van der Waals surface area contributed by atoms with E-state index in [0.717, 1.165) is 43.6 Å². The molecule has 23 heavy (non-hydrogen) atoms. The summed E-state index contributed by atoms with van der Waals surface area (Å²) in [6.45, 7) is 3.25. The number of guanidine groups is 1. The third-order valence-corrected chi connectivity index (χ3v) is 3.57. The molecule has 0 bridgehead atoms. The van der Waals surface area contributed by atoms with Crippen molar-refractivity contribution in [2.75, 3.05) is 26.8 Å². The van der Waals surface area contributed by atoms with Crippen LogP contribution in [0.2, 0.25) is 0 Å². The van der Waals surface area contributed by atoms with Crippen molar-refractivity contribution in [3.8, 4) is 6.07 Å². The summed E-state index contributed by atoms with van der Waals surface area (Å²) in [7, 11) is 1.76. The topological polar surface area (TPSA) is 69.4 Å². The fourth-order valence-corrected chi connectivity index (χ4v) is 2.02. The first-order valence-corrected chi connectivity index (χ1v) is 7.83. The van der Waals surface area contributed by atoms with Gasteiger partial charge in [-0.1, -0.05) is 12.1 Å². The molecule has 1 fully saturated rings. The zero-order chi connectivity index (χ0) is 15.6. The molecule has 1 aromatic rings. The van der Waals surface area contributed by atoms with Crippen LogP contribution in [0.4, 0.5) is 0 Å². The van der Waals surface area contributed by atoms with Gasteiger partial charge in [0.15, 0.2) is 5.96 Å². The Morgan fingerprint density at radius 1 is 1.30 bits per heavy atom. The molecule has 0 amide bonds. The Labute approximate surface area is 155 Å². The Bertz CT molecular complexity index is 520. The van der Waals surface area contributed by atoms with Gasteiger partial charge in [-0.25, -0.2) is 0 Å². The molecule has 1 aromatic carbocycles. The summed E-state index contributed by atoms with van der Waals surface area (Å²) >= 11 is 0. The number of nitriles is 1. The average molecular weight is 428 g/mol. The molecule has 1 saturated carbocycles. The summed E-state index contributed by atoms with van der Waals surface area (Å²) in [5.74, 6) is 1.61. The molecule has 0 atom stereocenters. The Hall–Kier alpha value is -1.33. The lowest BCUT2D eigenvalue weighted by Gasteiger charge is -2.12. The van der Waals surface area contributed by atoms with E-state index in [1.165, 1.54) is 12.8 Å². The van der Waals surface area contributed by atoms with Crippen molar-refractivity contribution in [2.45, 2.75) is 25.8 Å². The summed E-state index contributed by atoms with van der Waals surface area (Å²) in [6, 6.07) is 9.66. The van der Waals surface area contributed by atoms with E-state index in [9.17, 15) is 0 Å². The van der Waals surface area contributed by atoms with Crippen molar-refractivity contribution < 1.29 is 4.74 Å². The molecule has 1 aliphatic carbocycles. The zero-order valence-electron chi connectivity index (χ0n) is 13.5. The normalized spacial score (nSPS) is 13.8. The summed E-state index contributed by atoms with van der Waals surface area (Å²) < 4.78 is 5.60. The van der Waals surface area contributed by atoms with E-state index >= 15 is 0 Å². The Morgan fingerprint density at radius 2 is 2.04 bits per heavy atom. The molecule has 0 radical (unpaired) electrons. The third-order valence-electron chi connectivity index (χ3n) is 3.57. The number of nitrogens with one attached hydrogen (secondary N) is 2. The van der Waals surface area contributed by atoms with Gasteiger partial charge in [-0.2, -0.15) is 5.26 Å². The summed E-state index contributed by atoms with van der Waals surface area (Å²) in [5, 5.41) is 15.3. The smallest absolute Gasteiger partial charge is 0.191 e. The first kappa shape index (κ1) is 19.7. The van der Waals surface area contributed by atoms with Crippen LogP contribution in [0.25, 0.3) is 0 Å². The maximum Gasteiger partial charge on any atom is 0.191 e. The summed E-state index contributed by atoms with van der Waals surface area (Å²) in [6.07, 6.45) is 3.65. The first-order valence-electron chi connectivity index (χ1n) is 7.83. The molecule has 0 heterocycles. The predicted molar refractivity (Wildman–Crippen MR) is 103 cm³/mol. The van der Waals surface area contributed by atoms with E-state index in [1.54, 1.807) is 7.05 Å². The molecule has 5 nitrogen and oxygen atoms in total. The van der Waals surface area contributed by atoms with Crippen molar-refractivity contribution in [1.82, 2.24) is 10.6 Å².